The van der Waals surface area contributed by atoms with Gasteiger partial charge in [0.05, 0.1) is 0 Å². The number of amides is 1. The Hall–Kier alpha value is -2.57. The van der Waals surface area contributed by atoms with Crippen molar-refractivity contribution in [3.63, 3.8) is 0 Å². The number of imidazole rings is 1. The minimum Gasteiger partial charge on any atom is -0.337 e. The van der Waals surface area contributed by atoms with Crippen molar-refractivity contribution >= 4 is 17.7 Å². The number of aromatic nitrogens is 2. The molecule has 4 rings (SSSR count). The first kappa shape index (κ1) is 21.7. The van der Waals surface area contributed by atoms with Gasteiger partial charge in [-0.3, -0.25) is 9.36 Å². The van der Waals surface area contributed by atoms with Crippen LogP contribution in [0.25, 0.3) is 5.69 Å². The Kier molecular flexibility index (Phi) is 7.43. The number of rotatable bonds is 7. The summed E-state index contributed by atoms with van der Waals surface area (Å²) in [5.74, 6) is 0.133. The number of hydrogen-bond acceptors (Lipinski definition) is 4. The molecule has 0 bridgehead atoms. The van der Waals surface area contributed by atoms with Crippen LogP contribution in [-0.2, 0) is 6.42 Å². The molecule has 1 aliphatic heterocycles. The monoisotopic (exact) mass is 434 g/mol. The Labute approximate surface area is 189 Å². The molecule has 2 aromatic carbocycles. The van der Waals surface area contributed by atoms with Crippen LogP contribution < -0.4 is 0 Å². The lowest BCUT2D eigenvalue weighted by Crippen LogP contribution is -2.35. The Morgan fingerprint density at radius 3 is 2.58 bits per heavy atom. The first-order valence-electron chi connectivity index (χ1n) is 11.0. The number of thioether (sulfide) groups is 1. The highest BCUT2D eigenvalue weighted by Crippen LogP contribution is 2.19. The maximum absolute atomic E-state index is 13.1. The third-order valence-corrected chi connectivity index (χ3v) is 6.51. The summed E-state index contributed by atoms with van der Waals surface area (Å²) in [5.41, 5.74) is 3.18. The van der Waals surface area contributed by atoms with Crippen LogP contribution in [-0.4, -0.2) is 64.2 Å². The van der Waals surface area contributed by atoms with E-state index in [4.69, 9.17) is 0 Å². The molecule has 0 N–H and O–H groups in total. The van der Waals surface area contributed by atoms with E-state index in [1.54, 1.807) is 18.0 Å². The van der Waals surface area contributed by atoms with E-state index in [2.05, 4.69) is 40.2 Å². The van der Waals surface area contributed by atoms with Crippen LogP contribution in [0.3, 0.4) is 0 Å². The van der Waals surface area contributed by atoms with E-state index in [-0.39, 0.29) is 5.91 Å². The van der Waals surface area contributed by atoms with Crippen LogP contribution in [0.15, 0.2) is 72.1 Å². The summed E-state index contributed by atoms with van der Waals surface area (Å²) in [7, 11) is 0. The quantitative estimate of drug-likeness (QED) is 0.518. The third-order valence-electron chi connectivity index (χ3n) is 5.84. The first-order chi connectivity index (χ1) is 15.2. The summed E-state index contributed by atoms with van der Waals surface area (Å²) in [6.45, 7) is 4.73. The highest BCUT2D eigenvalue weighted by atomic mass is 32.2. The summed E-state index contributed by atoms with van der Waals surface area (Å²) in [6.07, 6.45) is 9.06. The van der Waals surface area contributed by atoms with E-state index in [0.29, 0.717) is 0 Å². The van der Waals surface area contributed by atoms with E-state index in [1.165, 1.54) is 5.56 Å². The number of benzene rings is 2. The molecule has 1 saturated heterocycles. The van der Waals surface area contributed by atoms with E-state index in [0.717, 1.165) is 68.4 Å². The molecule has 0 spiro atoms. The molecule has 1 aliphatic rings. The second kappa shape index (κ2) is 10.6. The number of nitrogens with zero attached hydrogens (tertiary/aromatic N) is 4. The third kappa shape index (κ3) is 5.57. The van der Waals surface area contributed by atoms with Crippen molar-refractivity contribution < 1.29 is 4.79 Å². The standard InChI is InChI=1S/C25H30N4OS/c1-31-25-26-14-18-29(25)23-12-10-22(11-13-23)24(30)28-17-6-16-27(19-20-28)15-5-9-21-7-3-2-4-8-21/h2-4,7-8,10-14,18H,5-6,9,15-17,19-20H2,1H3. The lowest BCUT2D eigenvalue weighted by atomic mass is 10.1. The van der Waals surface area contributed by atoms with Gasteiger partial charge in [0.15, 0.2) is 5.16 Å². The molecule has 0 unspecified atom stereocenters. The second-order valence-electron chi connectivity index (χ2n) is 7.91. The van der Waals surface area contributed by atoms with Gasteiger partial charge in [-0.1, -0.05) is 42.1 Å². The maximum Gasteiger partial charge on any atom is 0.253 e. The molecule has 0 saturated carbocycles. The molecule has 1 fully saturated rings. The van der Waals surface area contributed by atoms with Gasteiger partial charge in [0.2, 0.25) is 0 Å². The topological polar surface area (TPSA) is 41.4 Å². The average molecular weight is 435 g/mol. The van der Waals surface area contributed by atoms with Gasteiger partial charge in [0, 0.05) is 43.3 Å². The minimum absolute atomic E-state index is 0.133. The fourth-order valence-corrected chi connectivity index (χ4v) is 4.66. The van der Waals surface area contributed by atoms with Crippen molar-refractivity contribution in [2.24, 2.45) is 0 Å². The summed E-state index contributed by atoms with van der Waals surface area (Å²) < 4.78 is 2.04. The lowest BCUT2D eigenvalue weighted by Gasteiger charge is -2.22. The smallest absolute Gasteiger partial charge is 0.253 e. The van der Waals surface area contributed by atoms with E-state index >= 15 is 0 Å². The Bertz CT molecular complexity index is 971. The first-order valence-corrected chi connectivity index (χ1v) is 12.2. The van der Waals surface area contributed by atoms with Crippen LogP contribution >= 0.6 is 11.8 Å². The van der Waals surface area contributed by atoms with Crippen LogP contribution in [0.1, 0.15) is 28.8 Å². The zero-order valence-corrected chi connectivity index (χ0v) is 18.9. The molecule has 0 aliphatic carbocycles. The number of aryl methyl sites for hydroxylation is 1. The normalized spacial score (nSPS) is 15.1. The van der Waals surface area contributed by atoms with E-state index in [9.17, 15) is 4.79 Å². The molecule has 3 aromatic rings. The number of hydrogen-bond donors (Lipinski definition) is 0. The van der Waals surface area contributed by atoms with Crippen molar-refractivity contribution in [2.75, 3.05) is 39.0 Å². The predicted octanol–water partition coefficient (Wildman–Crippen LogP) is 4.37. The minimum atomic E-state index is 0.133. The summed E-state index contributed by atoms with van der Waals surface area (Å²) in [5, 5.41) is 0.943. The molecule has 31 heavy (non-hydrogen) atoms. The Balaban J connectivity index is 1.30. The number of carbonyl (C=O) groups is 1. The van der Waals surface area contributed by atoms with Gasteiger partial charge in [-0.2, -0.15) is 0 Å². The second-order valence-corrected chi connectivity index (χ2v) is 8.68. The molecule has 6 heteroatoms. The zero-order valence-electron chi connectivity index (χ0n) is 18.1. The molecular formula is C25H30N4OS. The van der Waals surface area contributed by atoms with Crippen molar-refractivity contribution in [1.82, 2.24) is 19.4 Å². The maximum atomic E-state index is 13.1. The van der Waals surface area contributed by atoms with Gasteiger partial charge in [-0.25, -0.2) is 4.98 Å². The van der Waals surface area contributed by atoms with E-state index < -0.39 is 0 Å². The highest BCUT2D eigenvalue weighted by molar-refractivity contribution is 7.98. The molecular weight excluding hydrogens is 404 g/mol. The SMILES string of the molecule is CSc1nccn1-c1ccc(C(=O)N2CCCN(CCCc3ccccc3)CC2)cc1. The van der Waals surface area contributed by atoms with Gasteiger partial charge in [0.1, 0.15) is 0 Å². The van der Waals surface area contributed by atoms with Crippen LogP contribution in [0, 0.1) is 0 Å². The van der Waals surface area contributed by atoms with Gasteiger partial charge in [-0.05, 0) is 68.4 Å². The zero-order chi connectivity index (χ0) is 21.5. The molecule has 1 amide bonds. The largest absolute Gasteiger partial charge is 0.337 e. The Morgan fingerprint density at radius 2 is 1.81 bits per heavy atom. The van der Waals surface area contributed by atoms with Gasteiger partial charge < -0.3 is 9.80 Å². The number of carbonyl (C=O) groups excluding carboxylic acids is 1. The van der Waals surface area contributed by atoms with Gasteiger partial charge in [0.25, 0.3) is 5.91 Å². The lowest BCUT2D eigenvalue weighted by molar-refractivity contribution is 0.0761. The van der Waals surface area contributed by atoms with Crippen molar-refractivity contribution in [1.29, 1.82) is 0 Å². The fraction of sp³-hybridized carbons (Fsp3) is 0.360. The summed E-state index contributed by atoms with van der Waals surface area (Å²) in [6, 6.07) is 18.5. The van der Waals surface area contributed by atoms with Crippen LogP contribution in [0.4, 0.5) is 0 Å². The van der Waals surface area contributed by atoms with Gasteiger partial charge >= 0.3 is 0 Å². The molecule has 5 nitrogen and oxygen atoms in total. The van der Waals surface area contributed by atoms with Crippen molar-refractivity contribution in [3.05, 3.63) is 78.1 Å². The van der Waals surface area contributed by atoms with Crippen molar-refractivity contribution in [2.45, 2.75) is 24.4 Å². The Morgan fingerprint density at radius 1 is 1.00 bits per heavy atom. The van der Waals surface area contributed by atoms with Crippen LogP contribution in [0.2, 0.25) is 0 Å². The molecule has 0 atom stereocenters. The predicted molar refractivity (Wildman–Crippen MR) is 127 cm³/mol. The average Bonchev–Trinajstić information content (AvgIpc) is 3.18. The molecule has 162 valence electrons. The van der Waals surface area contributed by atoms with Crippen LogP contribution in [0.5, 0.6) is 0 Å². The molecule has 2 heterocycles. The summed E-state index contributed by atoms with van der Waals surface area (Å²) >= 11 is 1.61. The highest BCUT2D eigenvalue weighted by Gasteiger charge is 2.20. The van der Waals surface area contributed by atoms with Gasteiger partial charge in [-0.15, -0.1) is 0 Å². The molecule has 1 aromatic heterocycles. The van der Waals surface area contributed by atoms with Crippen molar-refractivity contribution in [3.8, 4) is 5.69 Å². The van der Waals surface area contributed by atoms with E-state index in [1.807, 2.05) is 46.2 Å². The molecule has 0 radical (unpaired) electrons. The fourth-order valence-electron chi connectivity index (χ4n) is 4.13. The summed E-state index contributed by atoms with van der Waals surface area (Å²) in [4.78, 5) is 21.9.